The number of aromatic carboxylic acids is 1. The third-order valence-corrected chi connectivity index (χ3v) is 4.21. The van der Waals surface area contributed by atoms with E-state index in [9.17, 15) is 19.3 Å². The van der Waals surface area contributed by atoms with Gasteiger partial charge in [0.1, 0.15) is 17.1 Å². The van der Waals surface area contributed by atoms with E-state index in [2.05, 4.69) is 0 Å². The number of rotatable bonds is 3. The minimum absolute atomic E-state index is 0.143. The van der Waals surface area contributed by atoms with Gasteiger partial charge in [-0.2, -0.15) is 11.8 Å². The number of carbonyl (C=O) groups is 1. The molecule has 0 spiro atoms. The molecule has 0 bridgehead atoms. The predicted molar refractivity (Wildman–Crippen MR) is 74.1 cm³/mol. The van der Waals surface area contributed by atoms with E-state index in [0.29, 0.717) is 13.1 Å². The van der Waals surface area contributed by atoms with Gasteiger partial charge in [0.05, 0.1) is 4.92 Å². The van der Waals surface area contributed by atoms with E-state index >= 15 is 0 Å². The summed E-state index contributed by atoms with van der Waals surface area (Å²) in [5.74, 6) is -1.68. The summed E-state index contributed by atoms with van der Waals surface area (Å²) in [6.07, 6.45) is 0. The van der Waals surface area contributed by atoms with Crippen LogP contribution in [0.4, 0.5) is 15.8 Å². The monoisotopic (exact) mass is 300 g/mol. The zero-order valence-electron chi connectivity index (χ0n) is 10.7. The lowest BCUT2D eigenvalue weighted by atomic mass is 10.1. The average molecular weight is 300 g/mol. The van der Waals surface area contributed by atoms with Crippen molar-refractivity contribution in [2.24, 2.45) is 0 Å². The molecule has 1 aromatic rings. The summed E-state index contributed by atoms with van der Waals surface area (Å²) < 4.78 is 13.8. The summed E-state index contributed by atoms with van der Waals surface area (Å²) in [5.41, 5.74) is -0.910. The molecule has 1 saturated heterocycles. The first-order valence-corrected chi connectivity index (χ1v) is 7.02. The van der Waals surface area contributed by atoms with E-state index in [1.54, 1.807) is 16.7 Å². The van der Waals surface area contributed by atoms with Gasteiger partial charge in [-0.15, -0.1) is 0 Å². The quantitative estimate of drug-likeness (QED) is 0.681. The van der Waals surface area contributed by atoms with Crippen molar-refractivity contribution < 1.29 is 19.2 Å². The Morgan fingerprint density at radius 1 is 1.60 bits per heavy atom. The smallest absolute Gasteiger partial charge is 0.338 e. The second-order valence-corrected chi connectivity index (χ2v) is 6.06. The number of thioether (sulfide) groups is 1. The minimum Gasteiger partial charge on any atom is -0.478 e. The Kier molecular flexibility index (Phi) is 4.12. The maximum Gasteiger partial charge on any atom is 0.338 e. The summed E-state index contributed by atoms with van der Waals surface area (Å²) in [5, 5.41) is 20.2. The van der Waals surface area contributed by atoms with Gasteiger partial charge in [0, 0.05) is 36.2 Å². The Morgan fingerprint density at radius 2 is 2.30 bits per heavy atom. The number of halogens is 1. The number of carboxylic acid groups (broad SMARTS) is 1. The molecule has 0 amide bonds. The van der Waals surface area contributed by atoms with Crippen LogP contribution in [0.25, 0.3) is 0 Å². The van der Waals surface area contributed by atoms with Crippen molar-refractivity contribution in [2.45, 2.75) is 12.2 Å². The van der Waals surface area contributed by atoms with Crippen molar-refractivity contribution in [3.05, 3.63) is 33.6 Å². The first-order chi connectivity index (χ1) is 9.40. The molecule has 1 heterocycles. The Labute approximate surface area is 118 Å². The van der Waals surface area contributed by atoms with Crippen molar-refractivity contribution in [2.75, 3.05) is 23.7 Å². The molecule has 2 rings (SSSR count). The summed E-state index contributed by atoms with van der Waals surface area (Å²) in [6.45, 7) is 3.13. The first-order valence-electron chi connectivity index (χ1n) is 5.98. The van der Waals surface area contributed by atoms with Gasteiger partial charge in [0.25, 0.3) is 5.69 Å². The summed E-state index contributed by atoms with van der Waals surface area (Å²) in [6, 6.07) is 1.74. The highest BCUT2D eigenvalue weighted by Gasteiger charge is 2.27. The lowest BCUT2D eigenvalue weighted by molar-refractivity contribution is -0.384. The number of carboxylic acids is 1. The Morgan fingerprint density at radius 3 is 2.85 bits per heavy atom. The molecule has 8 heteroatoms. The van der Waals surface area contributed by atoms with Crippen molar-refractivity contribution >= 4 is 29.1 Å². The molecule has 1 aliphatic rings. The fraction of sp³-hybridized carbons (Fsp3) is 0.417. The summed E-state index contributed by atoms with van der Waals surface area (Å²) in [4.78, 5) is 23.0. The largest absolute Gasteiger partial charge is 0.478 e. The van der Waals surface area contributed by atoms with E-state index in [1.807, 2.05) is 6.92 Å². The molecular weight excluding hydrogens is 287 g/mol. The molecule has 1 atom stereocenters. The van der Waals surface area contributed by atoms with Gasteiger partial charge < -0.3 is 10.0 Å². The normalized spacial score (nSPS) is 18.9. The van der Waals surface area contributed by atoms with Crippen LogP contribution in [0.1, 0.15) is 17.3 Å². The number of hydrogen-bond donors (Lipinski definition) is 1. The van der Waals surface area contributed by atoms with E-state index in [-0.39, 0.29) is 16.6 Å². The molecule has 1 N–H and O–H groups in total. The number of nitro groups is 1. The molecule has 0 aliphatic carbocycles. The highest BCUT2D eigenvalue weighted by Crippen LogP contribution is 2.33. The van der Waals surface area contributed by atoms with Gasteiger partial charge in [0.2, 0.25) is 0 Å². The van der Waals surface area contributed by atoms with Crippen LogP contribution in [-0.4, -0.2) is 40.1 Å². The topological polar surface area (TPSA) is 83.7 Å². The number of nitrogens with zero attached hydrogens (tertiary/aromatic N) is 2. The van der Waals surface area contributed by atoms with Crippen molar-refractivity contribution in [3.63, 3.8) is 0 Å². The molecule has 1 aliphatic heterocycles. The lowest BCUT2D eigenvalue weighted by Gasteiger charge is -2.32. The van der Waals surface area contributed by atoms with E-state index in [4.69, 9.17) is 5.11 Å². The van der Waals surface area contributed by atoms with Crippen molar-refractivity contribution in [1.29, 1.82) is 0 Å². The Bertz CT molecular complexity index is 567. The van der Waals surface area contributed by atoms with Crippen molar-refractivity contribution in [3.8, 4) is 0 Å². The predicted octanol–water partition coefficient (Wildman–Crippen LogP) is 2.37. The standard InChI is InChI=1S/C12H13FN2O4S/c1-7-6-14(2-3-20-7)10-5-9(13)8(12(16)17)4-11(10)15(18)19/h4-5,7H,2-3,6H2,1H3,(H,16,17). The van der Waals surface area contributed by atoms with Gasteiger partial charge >= 0.3 is 5.97 Å². The van der Waals surface area contributed by atoms with E-state index in [0.717, 1.165) is 17.9 Å². The second kappa shape index (κ2) is 5.66. The minimum atomic E-state index is -1.51. The third kappa shape index (κ3) is 2.84. The number of nitro benzene ring substituents is 1. The third-order valence-electron chi connectivity index (χ3n) is 3.07. The summed E-state index contributed by atoms with van der Waals surface area (Å²) >= 11 is 1.74. The molecule has 6 nitrogen and oxygen atoms in total. The number of anilines is 1. The van der Waals surface area contributed by atoms with Gasteiger partial charge in [-0.05, 0) is 0 Å². The van der Waals surface area contributed by atoms with Gasteiger partial charge in [-0.25, -0.2) is 9.18 Å². The molecule has 0 saturated carbocycles. The first kappa shape index (κ1) is 14.6. The van der Waals surface area contributed by atoms with Crippen LogP contribution in [0.2, 0.25) is 0 Å². The van der Waals surface area contributed by atoms with Crippen LogP contribution in [0, 0.1) is 15.9 Å². The zero-order valence-corrected chi connectivity index (χ0v) is 11.5. The highest BCUT2D eigenvalue weighted by molar-refractivity contribution is 8.00. The molecule has 1 fully saturated rings. The maximum atomic E-state index is 13.8. The molecule has 1 aromatic carbocycles. The van der Waals surface area contributed by atoms with Gasteiger partial charge in [-0.1, -0.05) is 6.92 Å². The fourth-order valence-electron chi connectivity index (χ4n) is 2.15. The maximum absolute atomic E-state index is 13.8. The second-order valence-electron chi connectivity index (χ2n) is 4.51. The van der Waals surface area contributed by atoms with Crippen LogP contribution in [0.5, 0.6) is 0 Å². The van der Waals surface area contributed by atoms with Crippen LogP contribution in [-0.2, 0) is 0 Å². The molecule has 0 aromatic heterocycles. The Balaban J connectivity index is 2.48. The van der Waals surface area contributed by atoms with Crippen LogP contribution in [0.15, 0.2) is 12.1 Å². The molecule has 108 valence electrons. The molecule has 0 radical (unpaired) electrons. The average Bonchev–Trinajstić information content (AvgIpc) is 2.37. The van der Waals surface area contributed by atoms with Crippen LogP contribution in [0.3, 0.4) is 0 Å². The fourth-order valence-corrected chi connectivity index (χ4v) is 3.17. The van der Waals surface area contributed by atoms with Gasteiger partial charge in [0.15, 0.2) is 0 Å². The molecular formula is C12H13FN2O4S. The number of benzene rings is 1. The van der Waals surface area contributed by atoms with E-state index in [1.165, 1.54) is 0 Å². The zero-order chi connectivity index (χ0) is 14.9. The van der Waals surface area contributed by atoms with Crippen molar-refractivity contribution in [1.82, 2.24) is 0 Å². The molecule has 1 unspecified atom stereocenters. The summed E-state index contributed by atoms with van der Waals surface area (Å²) in [7, 11) is 0. The van der Waals surface area contributed by atoms with Gasteiger partial charge in [-0.3, -0.25) is 10.1 Å². The van der Waals surface area contributed by atoms with Crippen LogP contribution < -0.4 is 4.90 Å². The van der Waals surface area contributed by atoms with E-state index < -0.39 is 22.3 Å². The highest BCUT2D eigenvalue weighted by atomic mass is 32.2. The lowest BCUT2D eigenvalue weighted by Crippen LogP contribution is -2.37. The number of hydrogen-bond acceptors (Lipinski definition) is 5. The Hall–Kier alpha value is -1.83. The molecule has 20 heavy (non-hydrogen) atoms. The SMILES string of the molecule is CC1CN(c2cc(F)c(C(=O)O)cc2[N+](=O)[O-])CCS1. The van der Waals surface area contributed by atoms with Crippen LogP contribution >= 0.6 is 11.8 Å².